The monoisotopic (exact) mass is 626 g/mol. The van der Waals surface area contributed by atoms with Crippen LogP contribution in [0.4, 0.5) is 0 Å². The lowest BCUT2D eigenvalue weighted by Gasteiger charge is -2.32. The van der Waals surface area contributed by atoms with E-state index in [1.165, 1.54) is 16.7 Å². The standard InChI is InChI=1S/C29H50N6O9/c1-15(2)12-19(24(38)31-20(13-16(3)4)25(39)33-23(17(5)37)29(43)44)32-26(40)21-8-6-10-34(21)28(42)22-9-7-11-35(22)27(41)18(30)14-36/h15-23,36-37H,6-14,30H2,1-5H3,(H,31,38)(H,32,40)(H,33,39)(H,43,44)/t17-,18+,19+,20+,21+,22+,23+/m1/s1. The lowest BCUT2D eigenvalue weighted by atomic mass is 9.99. The van der Waals surface area contributed by atoms with E-state index >= 15 is 0 Å². The molecule has 0 radical (unpaired) electrons. The van der Waals surface area contributed by atoms with Gasteiger partial charge in [0.25, 0.3) is 0 Å². The maximum atomic E-state index is 13.6. The van der Waals surface area contributed by atoms with Crippen LogP contribution in [0.15, 0.2) is 0 Å². The topological polar surface area (TPSA) is 232 Å². The van der Waals surface area contributed by atoms with E-state index in [9.17, 15) is 44.1 Å². The lowest BCUT2D eigenvalue weighted by molar-refractivity contribution is -0.147. The number of aliphatic hydroxyl groups is 2. The fourth-order valence-electron chi connectivity index (χ4n) is 5.66. The number of nitrogens with zero attached hydrogens (tertiary/aromatic N) is 2. The third-order valence-electron chi connectivity index (χ3n) is 7.90. The van der Waals surface area contributed by atoms with Gasteiger partial charge < -0.3 is 46.8 Å². The van der Waals surface area contributed by atoms with E-state index in [1.807, 2.05) is 27.7 Å². The van der Waals surface area contributed by atoms with Crippen LogP contribution < -0.4 is 21.7 Å². The molecular formula is C29H50N6O9. The van der Waals surface area contributed by atoms with E-state index in [1.54, 1.807) is 0 Å². The van der Waals surface area contributed by atoms with Crippen LogP contribution in [0, 0.1) is 11.8 Å². The number of likely N-dealkylation sites (tertiary alicyclic amines) is 2. The number of nitrogens with one attached hydrogen (secondary N) is 3. The molecule has 0 saturated carbocycles. The van der Waals surface area contributed by atoms with E-state index in [-0.39, 0.29) is 30.6 Å². The van der Waals surface area contributed by atoms with Crippen molar-refractivity contribution >= 4 is 35.5 Å². The molecule has 15 nitrogen and oxygen atoms in total. The first kappa shape index (κ1) is 36.9. The van der Waals surface area contributed by atoms with Gasteiger partial charge in [-0.25, -0.2) is 4.79 Å². The number of aliphatic hydroxyl groups excluding tert-OH is 2. The molecule has 2 aliphatic heterocycles. The Hall–Kier alpha value is -3.30. The number of amides is 5. The predicted molar refractivity (Wildman–Crippen MR) is 159 cm³/mol. The van der Waals surface area contributed by atoms with Crippen LogP contribution in [-0.4, -0.2) is 123 Å². The van der Waals surface area contributed by atoms with Gasteiger partial charge in [0.2, 0.25) is 29.5 Å². The summed E-state index contributed by atoms with van der Waals surface area (Å²) in [6.45, 7) is 8.67. The third kappa shape index (κ3) is 9.86. The van der Waals surface area contributed by atoms with Crippen molar-refractivity contribution in [2.45, 2.75) is 115 Å². The first-order chi connectivity index (χ1) is 20.6. The van der Waals surface area contributed by atoms with Gasteiger partial charge in [0.15, 0.2) is 6.04 Å². The molecule has 44 heavy (non-hydrogen) atoms. The van der Waals surface area contributed by atoms with Crippen LogP contribution >= 0.6 is 0 Å². The van der Waals surface area contributed by atoms with Crippen LogP contribution in [0.2, 0.25) is 0 Å². The number of hydrogen-bond donors (Lipinski definition) is 7. The summed E-state index contributed by atoms with van der Waals surface area (Å²) in [4.78, 5) is 80.5. The molecule has 0 aromatic rings. The number of carbonyl (C=O) groups is 6. The SMILES string of the molecule is CC(C)C[C@H](NC(=O)[C@H](CC(C)C)NC(=O)[C@@H]1CCCN1C(=O)[C@@H]1CCCN1C(=O)[C@@H](N)CO)C(=O)N[C@H](C(=O)O)[C@@H](C)O. The Morgan fingerprint density at radius 3 is 1.80 bits per heavy atom. The van der Waals surface area contributed by atoms with Crippen LogP contribution in [-0.2, 0) is 28.8 Å². The van der Waals surface area contributed by atoms with Crippen LogP contribution in [0.1, 0.15) is 73.1 Å². The molecule has 2 aliphatic rings. The van der Waals surface area contributed by atoms with Crippen LogP contribution in [0.25, 0.3) is 0 Å². The van der Waals surface area contributed by atoms with Gasteiger partial charge in [-0.1, -0.05) is 27.7 Å². The van der Waals surface area contributed by atoms with Gasteiger partial charge in [-0.2, -0.15) is 0 Å². The average molecular weight is 627 g/mol. The zero-order valence-corrected chi connectivity index (χ0v) is 26.3. The van der Waals surface area contributed by atoms with Crippen molar-refractivity contribution in [3.05, 3.63) is 0 Å². The smallest absolute Gasteiger partial charge is 0.328 e. The molecule has 0 bridgehead atoms. The number of nitrogens with two attached hydrogens (primary N) is 1. The molecule has 2 rings (SSSR count). The molecule has 250 valence electrons. The molecule has 0 aromatic carbocycles. The molecule has 15 heteroatoms. The summed E-state index contributed by atoms with van der Waals surface area (Å²) >= 11 is 0. The van der Waals surface area contributed by atoms with Gasteiger partial charge in [0, 0.05) is 13.1 Å². The second-order valence-electron chi connectivity index (χ2n) is 12.6. The molecule has 2 fully saturated rings. The van der Waals surface area contributed by atoms with Gasteiger partial charge in [0.1, 0.15) is 30.2 Å². The van der Waals surface area contributed by atoms with Crippen molar-refractivity contribution in [3.63, 3.8) is 0 Å². The Bertz CT molecular complexity index is 1050. The maximum absolute atomic E-state index is 13.6. The fourth-order valence-corrected chi connectivity index (χ4v) is 5.66. The highest BCUT2D eigenvalue weighted by Gasteiger charge is 2.43. The number of aliphatic carboxylic acids is 1. The second kappa shape index (κ2) is 16.7. The molecule has 2 heterocycles. The number of rotatable bonds is 15. The Kier molecular flexibility index (Phi) is 14.0. The Morgan fingerprint density at radius 1 is 0.795 bits per heavy atom. The fraction of sp³-hybridized carbons (Fsp3) is 0.793. The van der Waals surface area contributed by atoms with Crippen molar-refractivity contribution in [2.75, 3.05) is 19.7 Å². The average Bonchev–Trinajstić information content (AvgIpc) is 3.63. The Labute approximate surface area is 258 Å². The number of hydrogen-bond acceptors (Lipinski definition) is 9. The van der Waals surface area contributed by atoms with Crippen molar-refractivity contribution in [3.8, 4) is 0 Å². The molecule has 0 aliphatic carbocycles. The summed E-state index contributed by atoms with van der Waals surface area (Å²) in [7, 11) is 0. The van der Waals surface area contributed by atoms with E-state index in [0.29, 0.717) is 38.8 Å². The summed E-state index contributed by atoms with van der Waals surface area (Å²) in [5.74, 6) is -4.40. The van der Waals surface area contributed by atoms with Gasteiger partial charge in [-0.05, 0) is 57.3 Å². The minimum Gasteiger partial charge on any atom is -0.480 e. The molecule has 0 unspecified atom stereocenters. The molecule has 0 aromatic heterocycles. The van der Waals surface area contributed by atoms with Gasteiger partial charge in [-0.15, -0.1) is 0 Å². The zero-order valence-electron chi connectivity index (χ0n) is 26.3. The van der Waals surface area contributed by atoms with E-state index in [4.69, 9.17) is 5.73 Å². The van der Waals surface area contributed by atoms with Crippen molar-refractivity contribution in [1.82, 2.24) is 25.8 Å². The zero-order chi connectivity index (χ0) is 33.3. The normalized spacial score (nSPS) is 21.9. The molecule has 7 atom stereocenters. The van der Waals surface area contributed by atoms with Gasteiger partial charge in [0.05, 0.1) is 12.7 Å². The molecular weight excluding hydrogens is 576 g/mol. The highest BCUT2D eigenvalue weighted by atomic mass is 16.4. The Morgan fingerprint density at radius 2 is 1.30 bits per heavy atom. The highest BCUT2D eigenvalue weighted by molar-refractivity contribution is 5.96. The van der Waals surface area contributed by atoms with Crippen molar-refractivity contribution in [2.24, 2.45) is 17.6 Å². The van der Waals surface area contributed by atoms with Gasteiger partial charge in [-0.3, -0.25) is 24.0 Å². The maximum Gasteiger partial charge on any atom is 0.328 e. The molecule has 8 N–H and O–H groups in total. The molecule has 0 spiro atoms. The summed E-state index contributed by atoms with van der Waals surface area (Å²) in [6, 6.07) is -6.56. The van der Waals surface area contributed by atoms with E-state index in [2.05, 4.69) is 16.0 Å². The van der Waals surface area contributed by atoms with Gasteiger partial charge >= 0.3 is 5.97 Å². The predicted octanol–water partition coefficient (Wildman–Crippen LogP) is -1.70. The summed E-state index contributed by atoms with van der Waals surface area (Å²) in [5.41, 5.74) is 5.71. The first-order valence-electron chi connectivity index (χ1n) is 15.4. The quantitative estimate of drug-likeness (QED) is 0.109. The summed E-state index contributed by atoms with van der Waals surface area (Å²) in [6.07, 6.45) is 0.917. The largest absolute Gasteiger partial charge is 0.480 e. The van der Waals surface area contributed by atoms with Crippen molar-refractivity contribution in [1.29, 1.82) is 0 Å². The lowest BCUT2D eigenvalue weighted by Crippen LogP contribution is -2.59. The summed E-state index contributed by atoms with van der Waals surface area (Å²) in [5, 5.41) is 36.1. The third-order valence-corrected chi connectivity index (χ3v) is 7.90. The number of carboxylic acids is 1. The second-order valence-corrected chi connectivity index (χ2v) is 12.6. The van der Waals surface area contributed by atoms with E-state index < -0.39 is 78.6 Å². The van der Waals surface area contributed by atoms with Crippen molar-refractivity contribution < 1.29 is 44.1 Å². The van der Waals surface area contributed by atoms with Crippen LogP contribution in [0.3, 0.4) is 0 Å². The Balaban J connectivity index is 2.19. The van der Waals surface area contributed by atoms with E-state index in [0.717, 1.165) is 0 Å². The minimum absolute atomic E-state index is 0.0369. The number of carbonyl (C=O) groups excluding carboxylic acids is 5. The highest BCUT2D eigenvalue weighted by Crippen LogP contribution is 2.26. The molecule has 5 amide bonds. The first-order valence-corrected chi connectivity index (χ1v) is 15.4. The molecule has 2 saturated heterocycles. The summed E-state index contributed by atoms with van der Waals surface area (Å²) < 4.78 is 0. The number of carboxylic acid groups (broad SMARTS) is 1. The minimum atomic E-state index is -1.57. The van der Waals surface area contributed by atoms with Crippen LogP contribution in [0.5, 0.6) is 0 Å².